The van der Waals surface area contributed by atoms with E-state index in [4.69, 9.17) is 18.6 Å². The molecule has 0 bridgehead atoms. The van der Waals surface area contributed by atoms with Gasteiger partial charge in [0, 0.05) is 12.1 Å². The van der Waals surface area contributed by atoms with E-state index in [1.807, 2.05) is 55.4 Å². The molecule has 0 spiro atoms. The molecular weight excluding hydrogens is 294 g/mol. The molecule has 23 heavy (non-hydrogen) atoms. The Labute approximate surface area is 141 Å². The Bertz CT molecular complexity index is 419. The molecule has 0 saturated carbocycles. The number of carbonyl (C=O) groups excluding carboxylic acids is 1. The minimum atomic E-state index is -0.529. The fourth-order valence-electron chi connectivity index (χ4n) is 2.78. The fraction of sp³-hybridized carbons (Fsp3) is 0.938. The van der Waals surface area contributed by atoms with Crippen molar-refractivity contribution in [3.8, 4) is 0 Å². The Balaban J connectivity index is 2.25. The largest absolute Gasteiger partial charge is 0.459 e. The third-order valence-electron chi connectivity index (χ3n) is 5.77. The summed E-state index contributed by atoms with van der Waals surface area (Å²) in [6, 6.07) is 0. The molecule has 0 aromatic carbocycles. The molecule has 2 aliphatic heterocycles. The summed E-state index contributed by atoms with van der Waals surface area (Å²) in [6.45, 7) is 17.6. The summed E-state index contributed by atoms with van der Waals surface area (Å²) in [5, 5.41) is 0. The van der Waals surface area contributed by atoms with Crippen LogP contribution >= 0.6 is 0 Å². The zero-order valence-corrected chi connectivity index (χ0v) is 16.0. The smallest absolute Gasteiger partial charge is 0.403 e. The molecule has 2 aliphatic rings. The Morgan fingerprint density at radius 3 is 1.22 bits per heavy atom. The van der Waals surface area contributed by atoms with Crippen LogP contribution in [0.4, 0.5) is 0 Å². The molecule has 0 aromatic heterocycles. The Morgan fingerprint density at radius 2 is 1.00 bits per heavy atom. The van der Waals surface area contributed by atoms with Gasteiger partial charge in [-0.05, 0) is 62.3 Å². The van der Waals surface area contributed by atoms with Crippen molar-refractivity contribution in [1.29, 1.82) is 0 Å². The first-order valence-electron chi connectivity index (χ1n) is 8.39. The van der Waals surface area contributed by atoms with E-state index in [0.717, 1.165) is 0 Å². The highest BCUT2D eigenvalue weighted by molar-refractivity contribution is 6.68. The Morgan fingerprint density at radius 1 is 0.739 bits per heavy atom. The third kappa shape index (κ3) is 3.39. The Kier molecular flexibility index (Phi) is 4.60. The van der Waals surface area contributed by atoms with E-state index in [1.54, 1.807) is 6.92 Å². The molecule has 0 radical (unpaired) electrons. The summed E-state index contributed by atoms with van der Waals surface area (Å²) in [5.74, 6) is 0.0689. The average Bonchev–Trinajstić information content (AvgIpc) is 2.65. The van der Waals surface area contributed by atoms with E-state index < -0.39 is 36.6 Å². The molecular formula is C16H30B2O5. The van der Waals surface area contributed by atoms with Crippen molar-refractivity contribution in [2.24, 2.45) is 0 Å². The average molecular weight is 324 g/mol. The van der Waals surface area contributed by atoms with Gasteiger partial charge in [0.25, 0.3) is 0 Å². The lowest BCUT2D eigenvalue weighted by molar-refractivity contribution is -0.117. The van der Waals surface area contributed by atoms with E-state index in [-0.39, 0.29) is 11.5 Å². The van der Waals surface area contributed by atoms with E-state index >= 15 is 0 Å². The summed E-state index contributed by atoms with van der Waals surface area (Å²) < 4.78 is 24.6. The van der Waals surface area contributed by atoms with E-state index in [0.29, 0.717) is 6.42 Å². The molecule has 0 aromatic rings. The number of hydrogen-bond acceptors (Lipinski definition) is 5. The molecule has 0 N–H and O–H groups in total. The van der Waals surface area contributed by atoms with Gasteiger partial charge in [-0.15, -0.1) is 0 Å². The molecule has 2 saturated heterocycles. The van der Waals surface area contributed by atoms with Crippen molar-refractivity contribution in [2.45, 2.75) is 96.9 Å². The van der Waals surface area contributed by atoms with Gasteiger partial charge in [0.05, 0.1) is 22.4 Å². The van der Waals surface area contributed by atoms with Gasteiger partial charge >= 0.3 is 14.2 Å². The summed E-state index contributed by atoms with van der Waals surface area (Å²) in [4.78, 5) is 11.8. The van der Waals surface area contributed by atoms with Crippen molar-refractivity contribution in [3.63, 3.8) is 0 Å². The zero-order valence-electron chi connectivity index (χ0n) is 16.0. The molecule has 0 amide bonds. The number of carbonyl (C=O) groups is 1. The quantitative estimate of drug-likeness (QED) is 0.744. The van der Waals surface area contributed by atoms with Crippen LogP contribution in [-0.2, 0) is 23.4 Å². The lowest BCUT2D eigenvalue weighted by atomic mass is 9.50. The maximum atomic E-state index is 11.8. The van der Waals surface area contributed by atoms with Crippen LogP contribution in [0, 0.1) is 0 Å². The summed E-state index contributed by atoms with van der Waals surface area (Å²) in [7, 11) is -1.06. The number of rotatable bonds is 4. The van der Waals surface area contributed by atoms with Crippen LogP contribution in [0.2, 0.25) is 5.72 Å². The van der Waals surface area contributed by atoms with Crippen LogP contribution in [0.15, 0.2) is 0 Å². The van der Waals surface area contributed by atoms with Crippen LogP contribution < -0.4 is 0 Å². The van der Waals surface area contributed by atoms with Gasteiger partial charge in [0.2, 0.25) is 0 Å². The predicted octanol–water partition coefficient (Wildman–Crippen LogP) is 3.06. The van der Waals surface area contributed by atoms with Crippen molar-refractivity contribution < 1.29 is 23.4 Å². The topological polar surface area (TPSA) is 54.0 Å². The molecule has 0 unspecified atom stereocenters. The summed E-state index contributed by atoms with van der Waals surface area (Å²) >= 11 is 0. The molecule has 0 aliphatic carbocycles. The second-order valence-electron chi connectivity index (χ2n) is 8.82. The van der Waals surface area contributed by atoms with Crippen LogP contribution in [-0.4, -0.2) is 42.4 Å². The summed E-state index contributed by atoms with van der Waals surface area (Å²) in [5.41, 5.74) is -2.09. The van der Waals surface area contributed by atoms with Gasteiger partial charge in [-0.3, -0.25) is 0 Å². The number of ketones is 1. The SMILES string of the molecule is CC(=O)CC(B1OC(C)(C)C(C)(C)O1)B1OC(C)(C)C(C)(C)O1. The first kappa shape index (κ1) is 19.0. The van der Waals surface area contributed by atoms with Gasteiger partial charge < -0.3 is 23.4 Å². The van der Waals surface area contributed by atoms with Crippen LogP contribution in [0.5, 0.6) is 0 Å². The fourth-order valence-corrected chi connectivity index (χ4v) is 2.78. The number of hydrogen-bond donors (Lipinski definition) is 0. The molecule has 2 heterocycles. The molecule has 7 heteroatoms. The van der Waals surface area contributed by atoms with Crippen molar-refractivity contribution in [1.82, 2.24) is 0 Å². The second-order valence-corrected chi connectivity index (χ2v) is 8.82. The molecule has 0 atom stereocenters. The molecule has 2 fully saturated rings. The van der Waals surface area contributed by atoms with E-state index in [9.17, 15) is 4.79 Å². The van der Waals surface area contributed by atoms with Crippen LogP contribution in [0.25, 0.3) is 0 Å². The van der Waals surface area contributed by atoms with Gasteiger partial charge in [0.15, 0.2) is 0 Å². The van der Waals surface area contributed by atoms with Crippen molar-refractivity contribution in [2.75, 3.05) is 0 Å². The maximum Gasteiger partial charge on any atom is 0.459 e. The zero-order chi connectivity index (χ0) is 17.8. The van der Waals surface area contributed by atoms with Crippen LogP contribution in [0.1, 0.15) is 68.7 Å². The Hall–Kier alpha value is -0.360. The first-order chi connectivity index (χ1) is 10.2. The van der Waals surface area contributed by atoms with Gasteiger partial charge in [-0.25, -0.2) is 0 Å². The van der Waals surface area contributed by atoms with E-state index in [1.165, 1.54) is 0 Å². The van der Waals surface area contributed by atoms with Crippen molar-refractivity contribution in [3.05, 3.63) is 0 Å². The minimum absolute atomic E-state index is 0.0689. The molecule has 130 valence electrons. The highest BCUT2D eigenvalue weighted by Crippen LogP contribution is 2.46. The van der Waals surface area contributed by atoms with Crippen LogP contribution in [0.3, 0.4) is 0 Å². The second kappa shape index (κ2) is 5.58. The van der Waals surface area contributed by atoms with Gasteiger partial charge in [-0.2, -0.15) is 0 Å². The maximum absolute atomic E-state index is 11.8. The van der Waals surface area contributed by atoms with Crippen molar-refractivity contribution >= 4 is 20.0 Å². The highest BCUT2D eigenvalue weighted by atomic mass is 16.7. The number of Topliss-reactive ketones (excluding diaryl/α,β-unsaturated/α-hetero) is 1. The third-order valence-corrected chi connectivity index (χ3v) is 5.77. The van der Waals surface area contributed by atoms with Gasteiger partial charge in [0.1, 0.15) is 5.78 Å². The van der Waals surface area contributed by atoms with Gasteiger partial charge in [-0.1, -0.05) is 0 Å². The monoisotopic (exact) mass is 324 g/mol. The van der Waals surface area contributed by atoms with E-state index in [2.05, 4.69) is 0 Å². The standard InChI is InChI=1S/C16H30B2O5/c1-11(19)10-12(17-20-13(2,3)14(4,5)21-17)18-22-15(6,7)16(8,9)23-18/h12H,10H2,1-9H3. The molecule has 5 nitrogen and oxygen atoms in total. The first-order valence-corrected chi connectivity index (χ1v) is 8.39. The lowest BCUT2D eigenvalue weighted by Gasteiger charge is -2.32. The normalized spacial score (nSPS) is 27.7. The predicted molar refractivity (Wildman–Crippen MR) is 91.2 cm³/mol. The highest BCUT2D eigenvalue weighted by Gasteiger charge is 2.61. The lowest BCUT2D eigenvalue weighted by Crippen LogP contribution is -2.41. The molecule has 2 rings (SSSR count). The summed E-state index contributed by atoms with van der Waals surface area (Å²) in [6.07, 6.45) is 0.299. The minimum Gasteiger partial charge on any atom is -0.403 e.